The number of benzene rings is 3. The second kappa shape index (κ2) is 8.52. The molecule has 5 rings (SSSR count). The molecule has 33 heavy (non-hydrogen) atoms. The number of nitrogens with one attached hydrogen (secondary N) is 1. The van der Waals surface area contributed by atoms with Gasteiger partial charge in [0.05, 0.1) is 11.1 Å². The number of fused-ring (bicyclic) bond motifs is 1. The van der Waals surface area contributed by atoms with E-state index in [4.69, 9.17) is 11.6 Å². The fourth-order valence-corrected chi connectivity index (χ4v) is 3.97. The molecule has 0 spiro atoms. The zero-order chi connectivity index (χ0) is 22.9. The SMILES string of the molecule is Oc1ccc(-c2cc3c(Nc4cccc(Cl)c4)ncnc3n2Cc2cc(F)cc(F)c2)cc1. The minimum absolute atomic E-state index is 0.136. The first kappa shape index (κ1) is 20.9. The molecule has 5 aromatic rings. The molecule has 0 fully saturated rings. The Morgan fingerprint density at radius 2 is 1.67 bits per heavy atom. The van der Waals surface area contributed by atoms with Crippen molar-refractivity contribution in [2.75, 3.05) is 5.32 Å². The van der Waals surface area contributed by atoms with Crippen molar-refractivity contribution in [3.05, 3.63) is 101 Å². The van der Waals surface area contributed by atoms with Gasteiger partial charge in [0.1, 0.15) is 35.2 Å². The van der Waals surface area contributed by atoms with E-state index in [1.54, 1.807) is 36.4 Å². The third-order valence-corrected chi connectivity index (χ3v) is 5.44. The highest BCUT2D eigenvalue weighted by molar-refractivity contribution is 6.30. The van der Waals surface area contributed by atoms with Gasteiger partial charge in [-0.1, -0.05) is 17.7 Å². The highest BCUT2D eigenvalue weighted by Crippen LogP contribution is 2.33. The summed E-state index contributed by atoms with van der Waals surface area (Å²) in [5.41, 5.74) is 3.35. The lowest BCUT2D eigenvalue weighted by molar-refractivity contribution is 0.475. The van der Waals surface area contributed by atoms with Gasteiger partial charge in [-0.05, 0) is 71.8 Å². The maximum Gasteiger partial charge on any atom is 0.146 e. The van der Waals surface area contributed by atoms with Crippen LogP contribution in [0.15, 0.2) is 79.1 Å². The van der Waals surface area contributed by atoms with Gasteiger partial charge < -0.3 is 15.0 Å². The van der Waals surface area contributed by atoms with Gasteiger partial charge in [-0.3, -0.25) is 0 Å². The van der Waals surface area contributed by atoms with Gasteiger partial charge in [-0.2, -0.15) is 0 Å². The molecule has 0 bridgehead atoms. The van der Waals surface area contributed by atoms with Crippen LogP contribution in [-0.4, -0.2) is 19.6 Å². The Balaban J connectivity index is 1.67. The van der Waals surface area contributed by atoms with Gasteiger partial charge in [0, 0.05) is 23.3 Å². The Labute approximate surface area is 192 Å². The normalized spacial score (nSPS) is 11.1. The Kier molecular flexibility index (Phi) is 5.40. The van der Waals surface area contributed by atoms with E-state index >= 15 is 0 Å². The largest absolute Gasteiger partial charge is 0.508 e. The highest BCUT2D eigenvalue weighted by atomic mass is 35.5. The van der Waals surface area contributed by atoms with E-state index in [1.165, 1.54) is 18.5 Å². The molecule has 2 heterocycles. The lowest BCUT2D eigenvalue weighted by Gasteiger charge is -2.12. The number of phenolic OH excluding ortho intramolecular Hbond substituents is 1. The summed E-state index contributed by atoms with van der Waals surface area (Å²) in [6.45, 7) is 0.183. The molecule has 164 valence electrons. The number of nitrogens with zero attached hydrogens (tertiary/aromatic N) is 3. The standard InChI is InChI=1S/C25H17ClF2N4O/c26-17-2-1-3-20(10-17)31-24-22-12-23(16-4-6-21(33)7-5-16)32(25(22)30-14-29-24)13-15-8-18(27)11-19(28)9-15/h1-12,14,33H,13H2,(H,29,30,31). The van der Waals surface area contributed by atoms with Gasteiger partial charge >= 0.3 is 0 Å². The van der Waals surface area contributed by atoms with E-state index < -0.39 is 11.6 Å². The Hall–Kier alpha value is -3.97. The van der Waals surface area contributed by atoms with Crippen LogP contribution in [-0.2, 0) is 6.54 Å². The number of halogens is 3. The predicted octanol–water partition coefficient (Wildman–Crippen LogP) is 6.53. The van der Waals surface area contributed by atoms with Crippen LogP contribution >= 0.6 is 11.6 Å². The lowest BCUT2D eigenvalue weighted by Crippen LogP contribution is -2.04. The maximum absolute atomic E-state index is 13.9. The van der Waals surface area contributed by atoms with Gasteiger partial charge in [-0.15, -0.1) is 0 Å². The molecule has 0 radical (unpaired) electrons. The molecule has 3 aromatic carbocycles. The molecule has 0 aliphatic heterocycles. The summed E-state index contributed by atoms with van der Waals surface area (Å²) < 4.78 is 29.6. The smallest absolute Gasteiger partial charge is 0.146 e. The summed E-state index contributed by atoms with van der Waals surface area (Å²) >= 11 is 6.11. The molecular weight excluding hydrogens is 446 g/mol. The molecule has 0 saturated carbocycles. The van der Waals surface area contributed by atoms with Crippen molar-refractivity contribution >= 4 is 34.1 Å². The monoisotopic (exact) mass is 462 g/mol. The summed E-state index contributed by atoms with van der Waals surface area (Å²) in [5.74, 6) is -0.598. The van der Waals surface area contributed by atoms with Crippen LogP contribution in [0.25, 0.3) is 22.3 Å². The van der Waals surface area contributed by atoms with Crippen molar-refractivity contribution in [2.45, 2.75) is 6.54 Å². The van der Waals surface area contributed by atoms with Crippen molar-refractivity contribution in [3.8, 4) is 17.0 Å². The molecule has 8 heteroatoms. The van der Waals surface area contributed by atoms with Crippen LogP contribution in [0, 0.1) is 11.6 Å². The Morgan fingerprint density at radius 3 is 2.39 bits per heavy atom. The maximum atomic E-state index is 13.9. The molecule has 2 N–H and O–H groups in total. The van der Waals surface area contributed by atoms with Crippen LogP contribution in [0.1, 0.15) is 5.56 Å². The van der Waals surface area contributed by atoms with Gasteiger partial charge in [0.2, 0.25) is 0 Å². The first-order chi connectivity index (χ1) is 16.0. The van der Waals surface area contributed by atoms with E-state index in [1.807, 2.05) is 22.8 Å². The van der Waals surface area contributed by atoms with E-state index in [0.717, 1.165) is 28.4 Å². The lowest BCUT2D eigenvalue weighted by atomic mass is 10.1. The Bertz CT molecular complexity index is 1450. The number of hydrogen-bond acceptors (Lipinski definition) is 4. The second-order valence-electron chi connectivity index (χ2n) is 7.54. The van der Waals surface area contributed by atoms with Gasteiger partial charge in [0.15, 0.2) is 0 Å². The van der Waals surface area contributed by atoms with Crippen molar-refractivity contribution in [2.24, 2.45) is 0 Å². The minimum atomic E-state index is -0.648. The summed E-state index contributed by atoms with van der Waals surface area (Å²) in [6.07, 6.45) is 1.43. The predicted molar refractivity (Wildman–Crippen MR) is 125 cm³/mol. The number of anilines is 2. The van der Waals surface area contributed by atoms with Gasteiger partial charge in [0.25, 0.3) is 0 Å². The second-order valence-corrected chi connectivity index (χ2v) is 7.97. The minimum Gasteiger partial charge on any atom is -0.508 e. The first-order valence-electron chi connectivity index (χ1n) is 10.1. The van der Waals surface area contributed by atoms with Crippen molar-refractivity contribution in [1.82, 2.24) is 14.5 Å². The fraction of sp³-hybridized carbons (Fsp3) is 0.0400. The topological polar surface area (TPSA) is 63.0 Å². The molecule has 0 atom stereocenters. The van der Waals surface area contributed by atoms with E-state index in [0.29, 0.717) is 22.1 Å². The zero-order valence-electron chi connectivity index (χ0n) is 17.1. The number of aromatic nitrogens is 3. The number of aromatic hydroxyl groups is 1. The molecule has 0 aliphatic rings. The number of hydrogen-bond donors (Lipinski definition) is 2. The first-order valence-corrected chi connectivity index (χ1v) is 10.5. The third kappa shape index (κ3) is 4.36. The molecule has 0 amide bonds. The van der Waals surface area contributed by atoms with Crippen molar-refractivity contribution in [1.29, 1.82) is 0 Å². The van der Waals surface area contributed by atoms with Crippen LogP contribution in [0.3, 0.4) is 0 Å². The van der Waals surface area contributed by atoms with Crippen molar-refractivity contribution < 1.29 is 13.9 Å². The fourth-order valence-electron chi connectivity index (χ4n) is 3.78. The molecule has 2 aromatic heterocycles. The molecular formula is C25H17ClF2N4O. The van der Waals surface area contributed by atoms with Crippen LogP contribution in [0.2, 0.25) is 5.02 Å². The summed E-state index contributed by atoms with van der Waals surface area (Å²) in [7, 11) is 0. The number of phenols is 1. The third-order valence-electron chi connectivity index (χ3n) is 5.20. The Morgan fingerprint density at radius 1 is 0.909 bits per heavy atom. The van der Waals surface area contributed by atoms with E-state index in [2.05, 4.69) is 15.3 Å². The molecule has 0 saturated heterocycles. The molecule has 0 aliphatic carbocycles. The van der Waals surface area contributed by atoms with Crippen LogP contribution < -0.4 is 5.32 Å². The average Bonchev–Trinajstić information content (AvgIpc) is 3.13. The quantitative estimate of drug-likeness (QED) is 0.312. The van der Waals surface area contributed by atoms with E-state index in [9.17, 15) is 13.9 Å². The van der Waals surface area contributed by atoms with Crippen LogP contribution in [0.4, 0.5) is 20.3 Å². The summed E-state index contributed by atoms with van der Waals surface area (Å²) in [4.78, 5) is 8.85. The van der Waals surface area contributed by atoms with Crippen molar-refractivity contribution in [3.63, 3.8) is 0 Å². The summed E-state index contributed by atoms with van der Waals surface area (Å²) in [5, 5.41) is 14.3. The molecule has 5 nitrogen and oxygen atoms in total. The van der Waals surface area contributed by atoms with Crippen LogP contribution in [0.5, 0.6) is 5.75 Å². The number of rotatable bonds is 5. The average molecular weight is 463 g/mol. The summed E-state index contributed by atoms with van der Waals surface area (Å²) in [6, 6.07) is 19.3. The zero-order valence-corrected chi connectivity index (χ0v) is 17.9. The highest BCUT2D eigenvalue weighted by Gasteiger charge is 2.17. The van der Waals surface area contributed by atoms with Gasteiger partial charge in [-0.25, -0.2) is 18.7 Å². The van der Waals surface area contributed by atoms with E-state index in [-0.39, 0.29) is 12.3 Å². The molecule has 0 unspecified atom stereocenters.